The highest BCUT2D eigenvalue weighted by Gasteiger charge is 1.98. The normalized spacial score (nSPS) is 9.78. The average Bonchev–Trinajstić information content (AvgIpc) is 2.45. The maximum Gasteiger partial charge on any atom is 0.150 e. The van der Waals surface area contributed by atoms with Crippen LogP contribution in [0.1, 0.15) is 26.3 Å². The number of carbonyl (C=O) groups is 2. The number of ether oxygens (including phenoxy) is 1. The number of rotatable bonds is 5. The van der Waals surface area contributed by atoms with Crippen molar-refractivity contribution in [2.24, 2.45) is 0 Å². The molecule has 0 spiro atoms. The van der Waals surface area contributed by atoms with Gasteiger partial charge in [-0.05, 0) is 23.8 Å². The van der Waals surface area contributed by atoms with Gasteiger partial charge < -0.3 is 4.74 Å². The molecule has 0 N–H and O–H groups in total. The Morgan fingerprint density at radius 2 is 1.56 bits per heavy atom. The first-order valence-electron chi connectivity index (χ1n) is 5.54. The van der Waals surface area contributed by atoms with Gasteiger partial charge in [0.2, 0.25) is 0 Å². The molecule has 18 heavy (non-hydrogen) atoms. The zero-order valence-corrected chi connectivity index (χ0v) is 9.71. The monoisotopic (exact) mass is 240 g/mol. The summed E-state index contributed by atoms with van der Waals surface area (Å²) >= 11 is 0. The number of benzene rings is 2. The molecule has 0 bridgehead atoms. The fourth-order valence-corrected chi connectivity index (χ4v) is 1.60. The summed E-state index contributed by atoms with van der Waals surface area (Å²) in [6, 6.07) is 14.2. The van der Waals surface area contributed by atoms with Crippen molar-refractivity contribution >= 4 is 12.6 Å². The van der Waals surface area contributed by atoms with Gasteiger partial charge >= 0.3 is 0 Å². The quantitative estimate of drug-likeness (QED) is 0.755. The summed E-state index contributed by atoms with van der Waals surface area (Å²) in [4.78, 5) is 21.3. The maximum absolute atomic E-state index is 10.6. The van der Waals surface area contributed by atoms with E-state index in [2.05, 4.69) is 0 Å². The molecule has 0 fully saturated rings. The molecule has 2 rings (SSSR count). The van der Waals surface area contributed by atoms with Crippen LogP contribution in [-0.2, 0) is 6.61 Å². The molecule has 0 heterocycles. The molecule has 0 radical (unpaired) electrons. The number of aldehydes is 2. The van der Waals surface area contributed by atoms with Crippen LogP contribution in [0.4, 0.5) is 0 Å². The Labute approximate surface area is 105 Å². The lowest BCUT2D eigenvalue weighted by atomic mass is 10.1. The van der Waals surface area contributed by atoms with Crippen molar-refractivity contribution in [2.45, 2.75) is 6.61 Å². The zero-order valence-electron chi connectivity index (χ0n) is 9.71. The molecule has 2 aromatic rings. The van der Waals surface area contributed by atoms with E-state index in [1.165, 1.54) is 0 Å². The van der Waals surface area contributed by atoms with Crippen LogP contribution >= 0.6 is 0 Å². The molecule has 0 atom stereocenters. The number of hydrogen-bond acceptors (Lipinski definition) is 3. The van der Waals surface area contributed by atoms with Gasteiger partial charge in [-0.1, -0.05) is 30.3 Å². The molecule has 0 saturated heterocycles. The zero-order chi connectivity index (χ0) is 12.8. The van der Waals surface area contributed by atoms with Crippen LogP contribution in [0.5, 0.6) is 5.75 Å². The van der Waals surface area contributed by atoms with E-state index in [0.29, 0.717) is 23.5 Å². The third kappa shape index (κ3) is 3.04. The van der Waals surface area contributed by atoms with Gasteiger partial charge in [-0.3, -0.25) is 9.59 Å². The largest absolute Gasteiger partial charge is 0.489 e. The Bertz CT molecular complexity index is 510. The average molecular weight is 240 g/mol. The van der Waals surface area contributed by atoms with Crippen molar-refractivity contribution in [3.05, 3.63) is 65.2 Å². The fourth-order valence-electron chi connectivity index (χ4n) is 1.60. The van der Waals surface area contributed by atoms with Gasteiger partial charge in [-0.2, -0.15) is 0 Å². The molecule has 0 unspecified atom stereocenters. The van der Waals surface area contributed by atoms with E-state index in [0.717, 1.165) is 18.1 Å². The highest BCUT2D eigenvalue weighted by atomic mass is 16.5. The second kappa shape index (κ2) is 5.77. The first kappa shape index (κ1) is 12.0. The van der Waals surface area contributed by atoms with Gasteiger partial charge in [0.25, 0.3) is 0 Å². The molecule has 90 valence electrons. The van der Waals surface area contributed by atoms with Crippen LogP contribution in [0.25, 0.3) is 0 Å². The number of carbonyl (C=O) groups excluding carboxylic acids is 2. The van der Waals surface area contributed by atoms with E-state index in [4.69, 9.17) is 4.74 Å². The molecule has 3 heteroatoms. The Hall–Kier alpha value is -2.42. The van der Waals surface area contributed by atoms with Crippen LogP contribution in [-0.4, -0.2) is 12.6 Å². The topological polar surface area (TPSA) is 43.4 Å². The second-order valence-electron chi connectivity index (χ2n) is 3.84. The lowest BCUT2D eigenvalue weighted by Crippen LogP contribution is -1.96. The highest BCUT2D eigenvalue weighted by Crippen LogP contribution is 2.14. The van der Waals surface area contributed by atoms with E-state index in [1.54, 1.807) is 36.4 Å². The van der Waals surface area contributed by atoms with Gasteiger partial charge in [0.15, 0.2) is 0 Å². The van der Waals surface area contributed by atoms with E-state index in [9.17, 15) is 9.59 Å². The Balaban J connectivity index is 2.06. The van der Waals surface area contributed by atoms with Gasteiger partial charge in [0.05, 0.1) is 0 Å². The summed E-state index contributed by atoms with van der Waals surface area (Å²) < 4.78 is 5.56. The van der Waals surface area contributed by atoms with Crippen molar-refractivity contribution in [3.8, 4) is 5.75 Å². The summed E-state index contributed by atoms with van der Waals surface area (Å²) in [6.45, 7) is 0.365. The summed E-state index contributed by atoms with van der Waals surface area (Å²) in [6.07, 6.45) is 1.58. The molecule has 0 aromatic heterocycles. The van der Waals surface area contributed by atoms with Crippen molar-refractivity contribution < 1.29 is 14.3 Å². The van der Waals surface area contributed by atoms with Crippen LogP contribution in [0.15, 0.2) is 48.5 Å². The van der Waals surface area contributed by atoms with Gasteiger partial charge in [-0.25, -0.2) is 0 Å². The predicted molar refractivity (Wildman–Crippen MR) is 68.0 cm³/mol. The molecular formula is C15H12O3. The minimum absolute atomic E-state index is 0.365. The molecular weight excluding hydrogens is 228 g/mol. The van der Waals surface area contributed by atoms with Crippen molar-refractivity contribution in [3.63, 3.8) is 0 Å². The first-order chi connectivity index (χ1) is 8.81. The Morgan fingerprint density at radius 3 is 2.28 bits per heavy atom. The third-order valence-electron chi connectivity index (χ3n) is 2.49. The van der Waals surface area contributed by atoms with Crippen LogP contribution in [0.2, 0.25) is 0 Å². The van der Waals surface area contributed by atoms with Crippen LogP contribution in [0.3, 0.4) is 0 Å². The molecule has 3 nitrogen and oxygen atoms in total. The van der Waals surface area contributed by atoms with Crippen molar-refractivity contribution in [1.82, 2.24) is 0 Å². The minimum Gasteiger partial charge on any atom is -0.489 e. The molecule has 0 aliphatic carbocycles. The Kier molecular flexibility index (Phi) is 3.86. The minimum atomic E-state index is 0.365. The van der Waals surface area contributed by atoms with Crippen molar-refractivity contribution in [2.75, 3.05) is 0 Å². The van der Waals surface area contributed by atoms with E-state index in [1.807, 2.05) is 12.1 Å². The summed E-state index contributed by atoms with van der Waals surface area (Å²) in [5.74, 6) is 0.635. The molecule has 0 saturated carbocycles. The molecule has 2 aromatic carbocycles. The predicted octanol–water partition coefficient (Wildman–Crippen LogP) is 2.89. The smallest absolute Gasteiger partial charge is 0.150 e. The van der Waals surface area contributed by atoms with E-state index in [-0.39, 0.29) is 0 Å². The maximum atomic E-state index is 10.6. The van der Waals surface area contributed by atoms with Gasteiger partial charge in [0.1, 0.15) is 24.9 Å². The van der Waals surface area contributed by atoms with Gasteiger partial charge in [-0.15, -0.1) is 0 Å². The second-order valence-corrected chi connectivity index (χ2v) is 3.84. The summed E-state index contributed by atoms with van der Waals surface area (Å²) in [5, 5.41) is 0. The lowest BCUT2D eigenvalue weighted by molar-refractivity contribution is 0.111. The molecule has 0 aliphatic heterocycles. The van der Waals surface area contributed by atoms with E-state index >= 15 is 0 Å². The standard InChI is InChI=1S/C15H12O3/c16-9-12-3-1-5-14(7-12)11-18-15-6-2-4-13(8-15)10-17/h1-10H,11H2. The Morgan fingerprint density at radius 1 is 0.889 bits per heavy atom. The third-order valence-corrected chi connectivity index (χ3v) is 2.49. The fraction of sp³-hybridized carbons (Fsp3) is 0.0667. The van der Waals surface area contributed by atoms with Crippen molar-refractivity contribution in [1.29, 1.82) is 0 Å². The van der Waals surface area contributed by atoms with E-state index < -0.39 is 0 Å². The molecule has 0 amide bonds. The van der Waals surface area contributed by atoms with Gasteiger partial charge in [0, 0.05) is 11.1 Å². The molecule has 0 aliphatic rings. The summed E-state index contributed by atoms with van der Waals surface area (Å²) in [7, 11) is 0. The SMILES string of the molecule is O=Cc1cccc(COc2cccc(C=O)c2)c1. The van der Waals surface area contributed by atoms with Crippen LogP contribution < -0.4 is 4.74 Å². The van der Waals surface area contributed by atoms with Crippen LogP contribution in [0, 0.1) is 0 Å². The lowest BCUT2D eigenvalue weighted by Gasteiger charge is -2.06. The first-order valence-corrected chi connectivity index (χ1v) is 5.54. The summed E-state index contributed by atoms with van der Waals surface area (Å²) in [5.41, 5.74) is 2.11. The number of hydrogen-bond donors (Lipinski definition) is 0. The highest BCUT2D eigenvalue weighted by molar-refractivity contribution is 5.75.